The minimum Gasteiger partial charge on any atom is -0.300 e. The highest BCUT2D eigenvalue weighted by Gasteiger charge is 2.25. The van der Waals surface area contributed by atoms with Gasteiger partial charge in [-0.1, -0.05) is 26.0 Å². The predicted octanol–water partition coefficient (Wildman–Crippen LogP) is 1.21. The van der Waals surface area contributed by atoms with E-state index in [2.05, 4.69) is 29.1 Å². The van der Waals surface area contributed by atoms with Crippen LogP contribution in [-0.2, 0) is 6.54 Å². The predicted molar refractivity (Wildman–Crippen MR) is 84.7 cm³/mol. The van der Waals surface area contributed by atoms with E-state index >= 15 is 0 Å². The fourth-order valence-electron chi connectivity index (χ4n) is 3.10. The molecule has 2 rings (SSSR count). The Morgan fingerprint density at radius 2 is 2.00 bits per heavy atom. The van der Waals surface area contributed by atoms with Crippen molar-refractivity contribution in [2.75, 3.05) is 26.2 Å². The van der Waals surface area contributed by atoms with Crippen LogP contribution in [0, 0.1) is 0 Å². The van der Waals surface area contributed by atoms with Crippen molar-refractivity contribution < 1.29 is 4.79 Å². The van der Waals surface area contributed by atoms with Gasteiger partial charge in [0, 0.05) is 31.2 Å². The van der Waals surface area contributed by atoms with Gasteiger partial charge in [-0.2, -0.15) is 0 Å². The van der Waals surface area contributed by atoms with Gasteiger partial charge in [0.05, 0.1) is 0 Å². The van der Waals surface area contributed by atoms with E-state index in [1.165, 1.54) is 12.0 Å². The molecule has 1 heterocycles. The number of benzene rings is 1. The molecule has 1 saturated heterocycles. The summed E-state index contributed by atoms with van der Waals surface area (Å²) in [4.78, 5) is 16.4. The molecule has 5 nitrogen and oxygen atoms in total. The summed E-state index contributed by atoms with van der Waals surface area (Å²) in [5, 5.41) is 0. The number of amides is 1. The second-order valence-electron chi connectivity index (χ2n) is 5.57. The number of nitrogen functional groups attached to an aromatic ring is 1. The molecule has 1 aliphatic rings. The molecule has 1 unspecified atom stereocenters. The topological polar surface area (TPSA) is 61.6 Å². The first-order chi connectivity index (χ1) is 10.2. The van der Waals surface area contributed by atoms with Crippen molar-refractivity contribution in [3.63, 3.8) is 0 Å². The van der Waals surface area contributed by atoms with E-state index in [0.717, 1.165) is 32.7 Å². The fourth-order valence-corrected chi connectivity index (χ4v) is 3.10. The number of hydrogen-bond donors (Lipinski definition) is 2. The van der Waals surface area contributed by atoms with Crippen LogP contribution in [-0.4, -0.2) is 47.9 Å². The Morgan fingerprint density at radius 3 is 2.57 bits per heavy atom. The highest BCUT2D eigenvalue weighted by Crippen LogP contribution is 2.18. The van der Waals surface area contributed by atoms with Gasteiger partial charge < -0.3 is 0 Å². The molecule has 116 valence electrons. The van der Waals surface area contributed by atoms with E-state index in [-0.39, 0.29) is 5.91 Å². The molecule has 0 aliphatic carbocycles. The Balaban J connectivity index is 1.90. The maximum absolute atomic E-state index is 11.4. The number of hydrogen-bond acceptors (Lipinski definition) is 4. The van der Waals surface area contributed by atoms with E-state index in [4.69, 9.17) is 5.84 Å². The van der Waals surface area contributed by atoms with Crippen molar-refractivity contribution in [2.45, 2.75) is 32.9 Å². The van der Waals surface area contributed by atoms with Crippen LogP contribution < -0.4 is 11.3 Å². The first-order valence-corrected chi connectivity index (χ1v) is 7.74. The number of hydrazine groups is 1. The molecule has 21 heavy (non-hydrogen) atoms. The lowest BCUT2D eigenvalue weighted by molar-refractivity contribution is 0.0953. The normalized spacial score (nSPS) is 19.1. The number of carbonyl (C=O) groups excluding carboxylic acids is 1. The zero-order chi connectivity index (χ0) is 15.2. The molecule has 1 aromatic rings. The standard InChI is InChI=1S/C16H26N4O/c1-3-20(4-2)15-9-10-19(12-15)11-13-5-7-14(8-6-13)16(21)18-17/h5-8,15H,3-4,9-12,17H2,1-2H3,(H,18,21). The summed E-state index contributed by atoms with van der Waals surface area (Å²) in [5.74, 6) is 4.89. The summed E-state index contributed by atoms with van der Waals surface area (Å²) < 4.78 is 0. The van der Waals surface area contributed by atoms with Crippen LogP contribution in [0.5, 0.6) is 0 Å². The van der Waals surface area contributed by atoms with Crippen molar-refractivity contribution in [2.24, 2.45) is 5.84 Å². The Kier molecular flexibility index (Phi) is 5.73. The molecule has 1 fully saturated rings. The van der Waals surface area contributed by atoms with E-state index in [9.17, 15) is 4.79 Å². The third kappa shape index (κ3) is 4.03. The highest BCUT2D eigenvalue weighted by molar-refractivity contribution is 5.93. The average molecular weight is 290 g/mol. The molecular formula is C16H26N4O. The number of likely N-dealkylation sites (N-methyl/N-ethyl adjacent to an activating group) is 1. The molecule has 0 spiro atoms. The van der Waals surface area contributed by atoms with Crippen LogP contribution in [0.25, 0.3) is 0 Å². The molecular weight excluding hydrogens is 264 g/mol. The number of rotatable bonds is 6. The maximum Gasteiger partial charge on any atom is 0.265 e. The van der Waals surface area contributed by atoms with Crippen molar-refractivity contribution >= 4 is 5.91 Å². The van der Waals surface area contributed by atoms with Gasteiger partial charge in [-0.3, -0.25) is 20.0 Å². The molecule has 3 N–H and O–H groups in total. The Bertz CT molecular complexity index is 456. The molecule has 1 amide bonds. The largest absolute Gasteiger partial charge is 0.300 e. The second-order valence-corrected chi connectivity index (χ2v) is 5.57. The number of nitrogens with two attached hydrogens (primary N) is 1. The maximum atomic E-state index is 11.4. The minimum absolute atomic E-state index is 0.246. The van der Waals surface area contributed by atoms with Gasteiger partial charge in [0.1, 0.15) is 0 Å². The van der Waals surface area contributed by atoms with Crippen molar-refractivity contribution in [1.82, 2.24) is 15.2 Å². The van der Waals surface area contributed by atoms with Gasteiger partial charge in [-0.15, -0.1) is 0 Å². The van der Waals surface area contributed by atoms with Gasteiger partial charge in [0.2, 0.25) is 0 Å². The van der Waals surface area contributed by atoms with E-state index in [1.807, 2.05) is 24.3 Å². The summed E-state index contributed by atoms with van der Waals surface area (Å²) in [6.45, 7) is 9.93. The summed E-state index contributed by atoms with van der Waals surface area (Å²) in [7, 11) is 0. The summed E-state index contributed by atoms with van der Waals surface area (Å²) in [6.07, 6.45) is 1.25. The molecule has 0 saturated carbocycles. The third-order valence-electron chi connectivity index (χ3n) is 4.33. The van der Waals surface area contributed by atoms with E-state index < -0.39 is 0 Å². The van der Waals surface area contributed by atoms with E-state index in [0.29, 0.717) is 11.6 Å². The summed E-state index contributed by atoms with van der Waals surface area (Å²) in [6, 6.07) is 8.36. The lowest BCUT2D eigenvalue weighted by Gasteiger charge is -2.26. The minimum atomic E-state index is -0.246. The van der Waals surface area contributed by atoms with Crippen molar-refractivity contribution in [3.05, 3.63) is 35.4 Å². The quantitative estimate of drug-likeness (QED) is 0.469. The van der Waals surface area contributed by atoms with Crippen LogP contribution in [0.2, 0.25) is 0 Å². The lowest BCUT2D eigenvalue weighted by Crippen LogP contribution is -2.37. The Hall–Kier alpha value is -1.43. The molecule has 1 aromatic carbocycles. The van der Waals surface area contributed by atoms with Crippen molar-refractivity contribution in [3.8, 4) is 0 Å². The smallest absolute Gasteiger partial charge is 0.265 e. The van der Waals surface area contributed by atoms with E-state index in [1.54, 1.807) is 0 Å². The monoisotopic (exact) mass is 290 g/mol. The van der Waals surface area contributed by atoms with Gasteiger partial charge in [0.25, 0.3) is 5.91 Å². The number of likely N-dealkylation sites (tertiary alicyclic amines) is 1. The molecule has 5 heteroatoms. The second kappa shape index (κ2) is 7.54. The molecule has 1 aliphatic heterocycles. The SMILES string of the molecule is CCN(CC)C1CCN(Cc2ccc(C(=O)NN)cc2)C1. The number of nitrogens with zero attached hydrogens (tertiary/aromatic N) is 2. The van der Waals surface area contributed by atoms with Gasteiger partial charge in [0.15, 0.2) is 0 Å². The fraction of sp³-hybridized carbons (Fsp3) is 0.562. The van der Waals surface area contributed by atoms with Gasteiger partial charge in [-0.05, 0) is 37.2 Å². The zero-order valence-corrected chi connectivity index (χ0v) is 13.0. The van der Waals surface area contributed by atoms with Crippen LogP contribution in [0.4, 0.5) is 0 Å². The Labute approximate surface area is 127 Å². The first kappa shape index (κ1) is 15.9. The first-order valence-electron chi connectivity index (χ1n) is 7.74. The van der Waals surface area contributed by atoms with Gasteiger partial charge >= 0.3 is 0 Å². The summed E-state index contributed by atoms with van der Waals surface area (Å²) in [5.41, 5.74) is 3.99. The van der Waals surface area contributed by atoms with Crippen molar-refractivity contribution in [1.29, 1.82) is 0 Å². The number of nitrogens with one attached hydrogen (secondary N) is 1. The van der Waals surface area contributed by atoms with Crippen LogP contribution >= 0.6 is 0 Å². The van der Waals surface area contributed by atoms with Crippen LogP contribution in [0.3, 0.4) is 0 Å². The Morgan fingerprint density at radius 1 is 1.33 bits per heavy atom. The molecule has 1 atom stereocenters. The van der Waals surface area contributed by atoms with Crippen LogP contribution in [0.1, 0.15) is 36.2 Å². The number of carbonyl (C=O) groups is 1. The summed E-state index contributed by atoms with van der Waals surface area (Å²) >= 11 is 0. The molecule has 0 radical (unpaired) electrons. The van der Waals surface area contributed by atoms with Crippen LogP contribution in [0.15, 0.2) is 24.3 Å². The highest BCUT2D eigenvalue weighted by atomic mass is 16.2. The lowest BCUT2D eigenvalue weighted by atomic mass is 10.1. The average Bonchev–Trinajstić information content (AvgIpc) is 2.97. The molecule has 0 aromatic heterocycles. The zero-order valence-electron chi connectivity index (χ0n) is 13.0. The third-order valence-corrected chi connectivity index (χ3v) is 4.33. The molecule has 0 bridgehead atoms. The van der Waals surface area contributed by atoms with Gasteiger partial charge in [-0.25, -0.2) is 5.84 Å².